The van der Waals surface area contributed by atoms with Gasteiger partial charge in [-0.3, -0.25) is 4.79 Å². The van der Waals surface area contributed by atoms with Crippen molar-refractivity contribution in [1.82, 2.24) is 0 Å². The third kappa shape index (κ3) is 1.74. The first kappa shape index (κ1) is 10.5. The lowest BCUT2D eigenvalue weighted by Crippen LogP contribution is -2.13. The van der Waals surface area contributed by atoms with Gasteiger partial charge in [0.05, 0.1) is 17.7 Å². The van der Waals surface area contributed by atoms with Crippen LogP contribution in [0, 0.1) is 5.41 Å². The summed E-state index contributed by atoms with van der Waals surface area (Å²) in [6.07, 6.45) is 1.89. The predicted molar refractivity (Wildman–Crippen MR) is 59.7 cm³/mol. The fourth-order valence-electron chi connectivity index (χ4n) is 1.61. The molecule has 15 heavy (non-hydrogen) atoms. The molecule has 1 aliphatic carbocycles. The lowest BCUT2D eigenvalue weighted by Gasteiger charge is -2.12. The van der Waals surface area contributed by atoms with Crippen molar-refractivity contribution in [2.24, 2.45) is 5.41 Å². The summed E-state index contributed by atoms with van der Waals surface area (Å²) in [7, 11) is 1.55. The molecular formula is C12H13ClO2. The minimum absolute atomic E-state index is 0.102. The van der Waals surface area contributed by atoms with E-state index in [4.69, 9.17) is 16.3 Å². The predicted octanol–water partition coefficient (Wildman–Crippen LogP) is 3.33. The quantitative estimate of drug-likeness (QED) is 0.737. The minimum atomic E-state index is -0.210. The molecule has 0 radical (unpaired) electrons. The number of methoxy groups -OCH3 is 1. The van der Waals surface area contributed by atoms with E-state index in [0.717, 1.165) is 12.8 Å². The molecule has 0 aromatic heterocycles. The Labute approximate surface area is 94.2 Å². The fraction of sp³-hybridized carbons (Fsp3) is 0.417. The van der Waals surface area contributed by atoms with E-state index < -0.39 is 0 Å². The van der Waals surface area contributed by atoms with Crippen LogP contribution in [-0.2, 0) is 0 Å². The Morgan fingerprint density at radius 3 is 2.67 bits per heavy atom. The number of halogens is 1. The van der Waals surface area contributed by atoms with Crippen molar-refractivity contribution in [3.05, 3.63) is 28.8 Å². The van der Waals surface area contributed by atoms with Crippen LogP contribution >= 0.6 is 11.6 Å². The maximum absolute atomic E-state index is 12.2. The van der Waals surface area contributed by atoms with Crippen LogP contribution in [0.25, 0.3) is 0 Å². The first-order valence-corrected chi connectivity index (χ1v) is 5.33. The molecule has 0 heterocycles. The smallest absolute Gasteiger partial charge is 0.173 e. The van der Waals surface area contributed by atoms with Gasteiger partial charge < -0.3 is 4.74 Å². The van der Waals surface area contributed by atoms with E-state index in [2.05, 4.69) is 0 Å². The molecule has 0 unspecified atom stereocenters. The Balaban J connectivity index is 2.46. The van der Waals surface area contributed by atoms with E-state index in [0.29, 0.717) is 16.3 Å². The minimum Gasteiger partial charge on any atom is -0.496 e. The highest BCUT2D eigenvalue weighted by Gasteiger charge is 2.46. The van der Waals surface area contributed by atoms with Gasteiger partial charge in [0, 0.05) is 5.41 Å². The van der Waals surface area contributed by atoms with Gasteiger partial charge in [-0.1, -0.05) is 24.6 Å². The van der Waals surface area contributed by atoms with Crippen molar-refractivity contribution in [1.29, 1.82) is 0 Å². The number of hydrogen-bond donors (Lipinski definition) is 0. The zero-order valence-corrected chi connectivity index (χ0v) is 9.60. The Bertz CT molecular complexity index is 408. The molecule has 0 spiro atoms. The Hall–Kier alpha value is -1.02. The molecule has 0 aliphatic heterocycles. The zero-order chi connectivity index (χ0) is 11.1. The van der Waals surface area contributed by atoms with E-state index in [1.807, 2.05) is 6.92 Å². The number of Topliss-reactive ketones (excluding diaryl/α,β-unsaturated/α-hetero) is 1. The van der Waals surface area contributed by atoms with Crippen molar-refractivity contribution >= 4 is 17.4 Å². The number of ketones is 1. The van der Waals surface area contributed by atoms with Crippen LogP contribution in [0.5, 0.6) is 5.75 Å². The fourth-order valence-corrected chi connectivity index (χ4v) is 1.86. The molecule has 0 saturated heterocycles. The Morgan fingerprint density at radius 2 is 2.13 bits per heavy atom. The number of benzene rings is 1. The van der Waals surface area contributed by atoms with Crippen LogP contribution in [-0.4, -0.2) is 12.9 Å². The zero-order valence-electron chi connectivity index (χ0n) is 8.84. The molecule has 2 nitrogen and oxygen atoms in total. The molecule has 1 aromatic carbocycles. The van der Waals surface area contributed by atoms with Crippen molar-refractivity contribution in [3.8, 4) is 5.75 Å². The van der Waals surface area contributed by atoms with Crippen LogP contribution in [0.1, 0.15) is 30.1 Å². The van der Waals surface area contributed by atoms with Gasteiger partial charge in [-0.15, -0.1) is 0 Å². The lowest BCUT2D eigenvalue weighted by atomic mass is 9.96. The van der Waals surface area contributed by atoms with E-state index in [-0.39, 0.29) is 11.2 Å². The third-order valence-corrected chi connectivity index (χ3v) is 3.29. The number of rotatable bonds is 3. The second kappa shape index (κ2) is 3.53. The highest BCUT2D eigenvalue weighted by atomic mass is 35.5. The molecule has 3 heteroatoms. The third-order valence-electron chi connectivity index (χ3n) is 2.97. The van der Waals surface area contributed by atoms with Crippen LogP contribution in [0.2, 0.25) is 5.02 Å². The highest BCUT2D eigenvalue weighted by molar-refractivity contribution is 6.34. The van der Waals surface area contributed by atoms with Crippen molar-refractivity contribution in [2.75, 3.05) is 7.11 Å². The molecule has 0 N–H and O–H groups in total. The summed E-state index contributed by atoms with van der Waals surface area (Å²) in [5.41, 5.74) is 0.319. The van der Waals surface area contributed by atoms with E-state index in [1.165, 1.54) is 0 Å². The average Bonchev–Trinajstić information content (AvgIpc) is 2.96. The molecule has 2 rings (SSSR count). The van der Waals surface area contributed by atoms with Crippen LogP contribution in [0.15, 0.2) is 18.2 Å². The van der Waals surface area contributed by atoms with Gasteiger partial charge in [-0.2, -0.15) is 0 Å². The largest absolute Gasteiger partial charge is 0.496 e. The Morgan fingerprint density at radius 1 is 1.47 bits per heavy atom. The van der Waals surface area contributed by atoms with Gasteiger partial charge in [0.15, 0.2) is 5.78 Å². The van der Waals surface area contributed by atoms with Crippen molar-refractivity contribution in [2.45, 2.75) is 19.8 Å². The molecular weight excluding hydrogens is 212 g/mol. The summed E-state index contributed by atoms with van der Waals surface area (Å²) in [5.74, 6) is 0.672. The second-order valence-corrected chi connectivity index (χ2v) is 4.61. The van der Waals surface area contributed by atoms with Gasteiger partial charge in [0.25, 0.3) is 0 Å². The van der Waals surface area contributed by atoms with Gasteiger partial charge in [0.2, 0.25) is 0 Å². The second-order valence-electron chi connectivity index (χ2n) is 4.21. The maximum Gasteiger partial charge on any atom is 0.173 e. The summed E-state index contributed by atoms with van der Waals surface area (Å²) in [6.45, 7) is 1.97. The standard InChI is InChI=1S/C12H13ClO2/c1-12(6-7-12)11(14)10-8(13)4-3-5-9(10)15-2/h3-5H,6-7H2,1-2H3. The van der Waals surface area contributed by atoms with E-state index in [1.54, 1.807) is 25.3 Å². The number of carbonyl (C=O) groups is 1. The molecule has 0 atom stereocenters. The van der Waals surface area contributed by atoms with E-state index in [9.17, 15) is 4.79 Å². The summed E-state index contributed by atoms with van der Waals surface area (Å²) in [4.78, 5) is 12.2. The first-order chi connectivity index (χ1) is 7.08. The number of ether oxygens (including phenoxy) is 1. The number of carbonyl (C=O) groups excluding carboxylic acids is 1. The molecule has 1 aromatic rings. The number of hydrogen-bond acceptors (Lipinski definition) is 2. The average molecular weight is 225 g/mol. The van der Waals surface area contributed by atoms with Gasteiger partial charge in [0.1, 0.15) is 5.75 Å². The molecule has 1 saturated carbocycles. The maximum atomic E-state index is 12.2. The normalized spacial score (nSPS) is 17.3. The van der Waals surface area contributed by atoms with Crippen molar-refractivity contribution in [3.63, 3.8) is 0 Å². The first-order valence-electron chi connectivity index (χ1n) is 4.96. The van der Waals surface area contributed by atoms with Gasteiger partial charge in [-0.25, -0.2) is 0 Å². The van der Waals surface area contributed by atoms with Gasteiger partial charge in [-0.05, 0) is 25.0 Å². The monoisotopic (exact) mass is 224 g/mol. The lowest BCUT2D eigenvalue weighted by molar-refractivity contribution is 0.0909. The van der Waals surface area contributed by atoms with Crippen LogP contribution < -0.4 is 4.74 Å². The van der Waals surface area contributed by atoms with Gasteiger partial charge >= 0.3 is 0 Å². The van der Waals surface area contributed by atoms with Crippen LogP contribution in [0.3, 0.4) is 0 Å². The summed E-state index contributed by atoms with van der Waals surface area (Å²) in [6, 6.07) is 5.28. The summed E-state index contributed by atoms with van der Waals surface area (Å²) >= 11 is 6.04. The molecule has 1 fully saturated rings. The topological polar surface area (TPSA) is 26.3 Å². The van der Waals surface area contributed by atoms with Crippen molar-refractivity contribution < 1.29 is 9.53 Å². The van der Waals surface area contributed by atoms with Crippen LogP contribution in [0.4, 0.5) is 0 Å². The van der Waals surface area contributed by atoms with E-state index >= 15 is 0 Å². The molecule has 0 amide bonds. The summed E-state index contributed by atoms with van der Waals surface area (Å²) in [5, 5.41) is 0.479. The molecule has 1 aliphatic rings. The summed E-state index contributed by atoms with van der Waals surface area (Å²) < 4.78 is 5.16. The molecule has 0 bridgehead atoms. The Kier molecular flexibility index (Phi) is 2.47. The SMILES string of the molecule is COc1cccc(Cl)c1C(=O)C1(C)CC1. The highest BCUT2D eigenvalue weighted by Crippen LogP contribution is 2.49. The molecule has 80 valence electrons.